The monoisotopic (exact) mass is 216 g/mol. The predicted molar refractivity (Wildman–Crippen MR) is 62.3 cm³/mol. The number of nitrogens with zero attached hydrogens (tertiary/aromatic N) is 1. The maximum atomic E-state index is 9.27. The number of hydrogen-bond acceptors (Lipinski definition) is 2. The van der Waals surface area contributed by atoms with E-state index in [-0.39, 0.29) is 6.61 Å². The number of nitrogens with one attached hydrogen (secondary N) is 1. The van der Waals surface area contributed by atoms with Crippen LogP contribution in [0.3, 0.4) is 0 Å². The Bertz CT molecular complexity index is 199. The molecule has 0 aliphatic heterocycles. The van der Waals surface area contributed by atoms with Gasteiger partial charge < -0.3 is 15.3 Å². The van der Waals surface area contributed by atoms with Gasteiger partial charge in [-0.05, 0) is 25.1 Å². The average molecular weight is 216 g/mol. The first-order valence-corrected chi connectivity index (χ1v) is 5.67. The van der Waals surface area contributed by atoms with Gasteiger partial charge in [0.2, 0.25) is 0 Å². The van der Waals surface area contributed by atoms with Crippen molar-refractivity contribution in [2.45, 2.75) is 31.7 Å². The summed E-state index contributed by atoms with van der Waals surface area (Å²) in [6.45, 7) is 0.279. The number of thiocarbonyl (C=S) groups is 1. The van der Waals surface area contributed by atoms with Gasteiger partial charge >= 0.3 is 0 Å². The van der Waals surface area contributed by atoms with E-state index in [9.17, 15) is 5.11 Å². The number of hydrogen-bond donors (Lipinski definition) is 2. The van der Waals surface area contributed by atoms with Crippen molar-refractivity contribution in [3.8, 4) is 0 Å². The Morgan fingerprint density at radius 3 is 2.71 bits per heavy atom. The second-order valence-corrected chi connectivity index (χ2v) is 4.35. The molecule has 1 fully saturated rings. The van der Waals surface area contributed by atoms with Crippen LogP contribution in [0.2, 0.25) is 0 Å². The number of aliphatic hydroxyl groups excluding tert-OH is 1. The second-order valence-electron chi connectivity index (χ2n) is 3.96. The Morgan fingerprint density at radius 2 is 2.14 bits per heavy atom. The molecule has 0 bridgehead atoms. The van der Waals surface area contributed by atoms with Gasteiger partial charge in [-0.3, -0.25) is 0 Å². The normalized spacial score (nSPS) is 27.1. The van der Waals surface area contributed by atoms with Crippen molar-refractivity contribution in [2.75, 3.05) is 20.7 Å². The predicted octanol–water partition coefficient (Wildman–Crippen LogP) is 0.974. The summed E-state index contributed by atoms with van der Waals surface area (Å²) in [6.07, 6.45) is 4.75. The zero-order valence-corrected chi connectivity index (χ0v) is 9.81. The number of rotatable bonds is 2. The quantitative estimate of drug-likeness (QED) is 0.674. The molecule has 2 N–H and O–H groups in total. The summed E-state index contributed by atoms with van der Waals surface area (Å²) in [4.78, 5) is 2.09. The van der Waals surface area contributed by atoms with Crippen LogP contribution in [0.4, 0.5) is 0 Å². The van der Waals surface area contributed by atoms with Crippen molar-refractivity contribution in [1.29, 1.82) is 0 Å². The highest BCUT2D eigenvalue weighted by Crippen LogP contribution is 2.27. The summed E-state index contributed by atoms with van der Waals surface area (Å²) in [6, 6.07) is 0.411. The molecule has 2 atom stereocenters. The zero-order valence-electron chi connectivity index (χ0n) is 8.99. The van der Waals surface area contributed by atoms with E-state index in [4.69, 9.17) is 12.2 Å². The van der Waals surface area contributed by atoms with Crippen molar-refractivity contribution in [2.24, 2.45) is 5.92 Å². The molecule has 0 amide bonds. The van der Waals surface area contributed by atoms with E-state index in [1.807, 2.05) is 14.1 Å². The van der Waals surface area contributed by atoms with Gasteiger partial charge in [-0.25, -0.2) is 0 Å². The molecule has 0 unspecified atom stereocenters. The molecular weight excluding hydrogens is 196 g/mol. The molecule has 0 spiro atoms. The molecule has 1 aliphatic rings. The smallest absolute Gasteiger partial charge is 0.168 e. The zero-order chi connectivity index (χ0) is 10.6. The Kier molecular flexibility index (Phi) is 4.62. The fourth-order valence-electron chi connectivity index (χ4n) is 2.24. The molecule has 0 aromatic carbocycles. The lowest BCUT2D eigenvalue weighted by Crippen LogP contribution is -2.47. The fraction of sp³-hybridized carbons (Fsp3) is 0.900. The minimum atomic E-state index is 0.279. The van der Waals surface area contributed by atoms with Crippen molar-refractivity contribution in [3.63, 3.8) is 0 Å². The standard InChI is InChI=1S/C10H20N2OS/c1-11-10(14)12(2)9-6-4-3-5-8(9)7-13/h8-9,13H,3-7H2,1-2H3,(H,11,14)/t8-,9+/m0/s1. The van der Waals surface area contributed by atoms with Crippen LogP contribution in [0, 0.1) is 5.92 Å². The molecule has 0 saturated heterocycles. The van der Waals surface area contributed by atoms with Crippen LogP contribution in [0.1, 0.15) is 25.7 Å². The van der Waals surface area contributed by atoms with Crippen LogP contribution in [0.25, 0.3) is 0 Å². The van der Waals surface area contributed by atoms with Crippen LogP contribution in [0.5, 0.6) is 0 Å². The van der Waals surface area contributed by atoms with E-state index in [1.165, 1.54) is 12.8 Å². The Labute approximate surface area is 91.5 Å². The molecular formula is C10H20N2OS. The molecule has 14 heavy (non-hydrogen) atoms. The summed E-state index contributed by atoms with van der Waals surface area (Å²) in [5.41, 5.74) is 0. The first-order valence-electron chi connectivity index (χ1n) is 5.26. The minimum absolute atomic E-state index is 0.279. The molecule has 0 heterocycles. The van der Waals surface area contributed by atoms with Crippen molar-refractivity contribution in [3.05, 3.63) is 0 Å². The van der Waals surface area contributed by atoms with Crippen molar-refractivity contribution < 1.29 is 5.11 Å². The Morgan fingerprint density at radius 1 is 1.50 bits per heavy atom. The molecule has 1 aliphatic carbocycles. The molecule has 0 aromatic heterocycles. The van der Waals surface area contributed by atoms with Crippen LogP contribution >= 0.6 is 12.2 Å². The van der Waals surface area contributed by atoms with E-state index in [0.29, 0.717) is 12.0 Å². The third-order valence-corrected chi connectivity index (χ3v) is 3.63. The van der Waals surface area contributed by atoms with E-state index < -0.39 is 0 Å². The highest BCUT2D eigenvalue weighted by atomic mass is 32.1. The van der Waals surface area contributed by atoms with E-state index in [2.05, 4.69) is 10.2 Å². The molecule has 0 aromatic rings. The fourth-order valence-corrected chi connectivity index (χ4v) is 2.37. The van der Waals surface area contributed by atoms with Gasteiger partial charge in [0.15, 0.2) is 5.11 Å². The molecule has 82 valence electrons. The maximum absolute atomic E-state index is 9.27. The van der Waals surface area contributed by atoms with Crippen LogP contribution in [-0.2, 0) is 0 Å². The minimum Gasteiger partial charge on any atom is -0.396 e. The highest BCUT2D eigenvalue weighted by Gasteiger charge is 2.28. The average Bonchev–Trinajstić information content (AvgIpc) is 2.26. The summed E-state index contributed by atoms with van der Waals surface area (Å²) >= 11 is 5.19. The van der Waals surface area contributed by atoms with Gasteiger partial charge in [0.25, 0.3) is 0 Å². The topological polar surface area (TPSA) is 35.5 Å². The van der Waals surface area contributed by atoms with Gasteiger partial charge in [0.05, 0.1) is 0 Å². The van der Waals surface area contributed by atoms with E-state index >= 15 is 0 Å². The maximum Gasteiger partial charge on any atom is 0.168 e. The second kappa shape index (κ2) is 5.51. The summed E-state index contributed by atoms with van der Waals surface area (Å²) in [5.74, 6) is 0.389. The van der Waals surface area contributed by atoms with Gasteiger partial charge in [-0.15, -0.1) is 0 Å². The third kappa shape index (κ3) is 2.58. The van der Waals surface area contributed by atoms with Crippen LogP contribution in [-0.4, -0.2) is 41.9 Å². The molecule has 0 radical (unpaired) electrons. The van der Waals surface area contributed by atoms with Crippen molar-refractivity contribution >= 4 is 17.3 Å². The van der Waals surface area contributed by atoms with Gasteiger partial charge in [-0.1, -0.05) is 12.8 Å². The van der Waals surface area contributed by atoms with Crippen LogP contribution < -0.4 is 5.32 Å². The lowest BCUT2D eigenvalue weighted by atomic mass is 9.84. The summed E-state index contributed by atoms with van der Waals surface area (Å²) in [5, 5.41) is 13.0. The summed E-state index contributed by atoms with van der Waals surface area (Å²) < 4.78 is 0. The lowest BCUT2D eigenvalue weighted by Gasteiger charge is -2.38. The SMILES string of the molecule is CNC(=S)N(C)[C@@H]1CCCC[C@H]1CO. The van der Waals surface area contributed by atoms with E-state index in [0.717, 1.165) is 18.0 Å². The molecule has 1 saturated carbocycles. The van der Waals surface area contributed by atoms with Gasteiger partial charge in [-0.2, -0.15) is 0 Å². The molecule has 1 rings (SSSR count). The molecule has 3 nitrogen and oxygen atoms in total. The Balaban J connectivity index is 2.58. The first-order chi connectivity index (χ1) is 6.70. The van der Waals surface area contributed by atoms with Crippen molar-refractivity contribution in [1.82, 2.24) is 10.2 Å². The lowest BCUT2D eigenvalue weighted by molar-refractivity contribution is 0.117. The highest BCUT2D eigenvalue weighted by molar-refractivity contribution is 7.80. The van der Waals surface area contributed by atoms with Gasteiger partial charge in [0, 0.05) is 32.7 Å². The van der Waals surface area contributed by atoms with Crippen LogP contribution in [0.15, 0.2) is 0 Å². The number of aliphatic hydroxyl groups is 1. The Hall–Kier alpha value is -0.350. The van der Waals surface area contributed by atoms with E-state index in [1.54, 1.807) is 0 Å². The van der Waals surface area contributed by atoms with Gasteiger partial charge in [0.1, 0.15) is 0 Å². The third-order valence-electron chi connectivity index (χ3n) is 3.14. The molecule has 4 heteroatoms. The summed E-state index contributed by atoms with van der Waals surface area (Å²) in [7, 11) is 3.85. The first kappa shape index (κ1) is 11.7. The largest absolute Gasteiger partial charge is 0.396 e.